The molecule has 1 saturated heterocycles. The Morgan fingerprint density at radius 2 is 1.59 bits per heavy atom. The van der Waals surface area contributed by atoms with E-state index in [0.29, 0.717) is 5.11 Å². The lowest BCUT2D eigenvalue weighted by molar-refractivity contribution is -0.384. The molecule has 0 bridgehead atoms. The SMILES string of the molecule is Cc1ccc(-n2cccc2[C@H]2[C@H](c3ccccn3)NC(=S)N2c2ccc(Sc3ccc([N+](=O)[O-])cc3)cc2)cc1C. The smallest absolute Gasteiger partial charge is 0.269 e. The molecule has 3 heterocycles. The van der Waals surface area contributed by atoms with Crippen molar-refractivity contribution in [2.45, 2.75) is 35.7 Å². The highest BCUT2D eigenvalue weighted by molar-refractivity contribution is 7.99. The number of nitro groups is 1. The molecule has 0 radical (unpaired) electrons. The van der Waals surface area contributed by atoms with E-state index in [4.69, 9.17) is 12.2 Å². The molecule has 5 aromatic rings. The quantitative estimate of drug-likeness (QED) is 0.121. The third-order valence-electron chi connectivity index (χ3n) is 7.35. The van der Waals surface area contributed by atoms with E-state index < -0.39 is 0 Å². The molecule has 1 aliphatic heterocycles. The van der Waals surface area contributed by atoms with Gasteiger partial charge in [-0.3, -0.25) is 15.1 Å². The Kier molecular flexibility index (Phi) is 7.30. The van der Waals surface area contributed by atoms with Crippen LogP contribution in [0.15, 0.2) is 119 Å². The van der Waals surface area contributed by atoms with Crippen LogP contribution in [0.5, 0.6) is 0 Å². The summed E-state index contributed by atoms with van der Waals surface area (Å²) in [5.41, 5.74) is 6.65. The van der Waals surface area contributed by atoms with E-state index >= 15 is 0 Å². The first-order valence-corrected chi connectivity index (χ1v) is 14.4. The molecule has 0 saturated carbocycles. The Bertz CT molecular complexity index is 1720. The predicted octanol–water partition coefficient (Wildman–Crippen LogP) is 7.73. The zero-order valence-corrected chi connectivity index (χ0v) is 24.1. The van der Waals surface area contributed by atoms with Crippen LogP contribution in [0.3, 0.4) is 0 Å². The van der Waals surface area contributed by atoms with Crippen molar-refractivity contribution in [2.75, 3.05) is 4.90 Å². The number of aromatic nitrogens is 2. The van der Waals surface area contributed by atoms with Gasteiger partial charge < -0.3 is 14.8 Å². The highest BCUT2D eigenvalue weighted by atomic mass is 32.2. The molecule has 0 unspecified atom stereocenters. The van der Waals surface area contributed by atoms with Gasteiger partial charge in [-0.2, -0.15) is 0 Å². The molecule has 2 aromatic heterocycles. The van der Waals surface area contributed by atoms with E-state index in [9.17, 15) is 10.1 Å². The number of non-ortho nitro benzene ring substituents is 1. The van der Waals surface area contributed by atoms with E-state index in [0.717, 1.165) is 32.6 Å². The molecule has 0 spiro atoms. The van der Waals surface area contributed by atoms with Crippen molar-refractivity contribution in [3.05, 3.63) is 142 Å². The number of rotatable bonds is 7. The maximum absolute atomic E-state index is 11.0. The fourth-order valence-electron chi connectivity index (χ4n) is 5.13. The monoisotopic (exact) mass is 577 g/mol. The third kappa shape index (κ3) is 5.33. The summed E-state index contributed by atoms with van der Waals surface area (Å²) in [6.45, 7) is 4.25. The molecule has 1 N–H and O–H groups in total. The Hall–Kier alpha value is -4.47. The van der Waals surface area contributed by atoms with Crippen LogP contribution in [-0.2, 0) is 0 Å². The normalized spacial score (nSPS) is 16.5. The minimum absolute atomic E-state index is 0.0822. The van der Waals surface area contributed by atoms with Crippen LogP contribution in [-0.4, -0.2) is 19.6 Å². The molecule has 6 rings (SSSR count). The second kappa shape index (κ2) is 11.2. The van der Waals surface area contributed by atoms with Gasteiger partial charge in [0.1, 0.15) is 6.04 Å². The summed E-state index contributed by atoms with van der Waals surface area (Å²) in [6.07, 6.45) is 3.91. The maximum atomic E-state index is 11.0. The Morgan fingerprint density at radius 1 is 0.878 bits per heavy atom. The van der Waals surface area contributed by atoms with Crippen LogP contribution in [0, 0.1) is 24.0 Å². The number of pyridine rings is 1. The van der Waals surface area contributed by atoms with Gasteiger partial charge in [-0.15, -0.1) is 0 Å². The summed E-state index contributed by atoms with van der Waals surface area (Å²) in [7, 11) is 0. The van der Waals surface area contributed by atoms with Crippen molar-refractivity contribution < 1.29 is 4.92 Å². The van der Waals surface area contributed by atoms with Crippen molar-refractivity contribution in [1.82, 2.24) is 14.9 Å². The minimum atomic E-state index is -0.388. The molecular formula is C32H27N5O2S2. The molecule has 1 fully saturated rings. The van der Waals surface area contributed by atoms with E-state index in [-0.39, 0.29) is 22.7 Å². The van der Waals surface area contributed by atoms with Gasteiger partial charge in [-0.25, -0.2) is 0 Å². The molecule has 9 heteroatoms. The summed E-state index contributed by atoms with van der Waals surface area (Å²) in [5.74, 6) is 0. The number of nitrogens with zero attached hydrogens (tertiary/aromatic N) is 4. The number of benzene rings is 3. The van der Waals surface area contributed by atoms with Gasteiger partial charge in [0.2, 0.25) is 0 Å². The summed E-state index contributed by atoms with van der Waals surface area (Å²) >= 11 is 7.49. The second-order valence-electron chi connectivity index (χ2n) is 9.92. The first-order valence-electron chi connectivity index (χ1n) is 13.2. The zero-order valence-electron chi connectivity index (χ0n) is 22.5. The number of hydrogen-bond acceptors (Lipinski definition) is 5. The molecule has 41 heavy (non-hydrogen) atoms. The lowest BCUT2D eigenvalue weighted by atomic mass is 10.0. The molecule has 7 nitrogen and oxygen atoms in total. The second-order valence-corrected chi connectivity index (χ2v) is 11.4. The van der Waals surface area contributed by atoms with Crippen molar-refractivity contribution in [1.29, 1.82) is 0 Å². The summed E-state index contributed by atoms with van der Waals surface area (Å²) in [5, 5.41) is 15.2. The fraction of sp³-hybridized carbons (Fsp3) is 0.125. The predicted molar refractivity (Wildman–Crippen MR) is 167 cm³/mol. The van der Waals surface area contributed by atoms with Gasteiger partial charge in [0.05, 0.1) is 16.7 Å². The molecule has 3 aromatic carbocycles. The number of hydrogen-bond donors (Lipinski definition) is 1. The minimum Gasteiger partial charge on any atom is -0.351 e. The van der Waals surface area contributed by atoms with Gasteiger partial charge in [-0.1, -0.05) is 23.9 Å². The van der Waals surface area contributed by atoms with Crippen molar-refractivity contribution >= 4 is 40.5 Å². The van der Waals surface area contributed by atoms with Crippen LogP contribution in [0.2, 0.25) is 0 Å². The van der Waals surface area contributed by atoms with Gasteiger partial charge in [0.25, 0.3) is 5.69 Å². The van der Waals surface area contributed by atoms with Crippen LogP contribution in [0.1, 0.15) is 34.6 Å². The van der Waals surface area contributed by atoms with Crippen LogP contribution in [0.4, 0.5) is 11.4 Å². The van der Waals surface area contributed by atoms with Gasteiger partial charge in [0, 0.05) is 51.4 Å². The molecule has 204 valence electrons. The molecular weight excluding hydrogens is 551 g/mol. The summed E-state index contributed by atoms with van der Waals surface area (Å²) in [6, 6.07) is 31.2. The summed E-state index contributed by atoms with van der Waals surface area (Å²) in [4.78, 5) is 19.4. The molecule has 0 amide bonds. The highest BCUT2D eigenvalue weighted by Crippen LogP contribution is 2.43. The average Bonchev–Trinajstić information content (AvgIpc) is 3.60. The number of thiocarbonyl (C=S) groups is 1. The zero-order chi connectivity index (χ0) is 28.5. The van der Waals surface area contributed by atoms with Gasteiger partial charge in [0.15, 0.2) is 5.11 Å². The van der Waals surface area contributed by atoms with Gasteiger partial charge in [-0.05, 0) is 110 Å². The van der Waals surface area contributed by atoms with Gasteiger partial charge >= 0.3 is 0 Å². The number of aryl methyl sites for hydroxylation is 2. The molecule has 2 atom stereocenters. The topological polar surface area (TPSA) is 76.2 Å². The maximum Gasteiger partial charge on any atom is 0.269 e. The lowest BCUT2D eigenvalue weighted by Crippen LogP contribution is -2.30. The Morgan fingerprint density at radius 3 is 2.24 bits per heavy atom. The number of nitrogens with one attached hydrogen (secondary N) is 1. The molecule has 0 aliphatic carbocycles. The van der Waals surface area contributed by atoms with E-state index in [1.807, 2.05) is 24.4 Å². The first-order chi connectivity index (χ1) is 19.9. The molecule has 1 aliphatic rings. The average molecular weight is 578 g/mol. The fourth-order valence-corrected chi connectivity index (χ4v) is 6.29. The number of nitro benzene ring substituents is 1. The third-order valence-corrected chi connectivity index (χ3v) is 8.68. The van der Waals surface area contributed by atoms with Crippen molar-refractivity contribution in [2.24, 2.45) is 0 Å². The van der Waals surface area contributed by atoms with E-state index in [1.165, 1.54) is 23.3 Å². The van der Waals surface area contributed by atoms with Crippen LogP contribution < -0.4 is 10.2 Å². The first kappa shape index (κ1) is 26.7. The Balaban J connectivity index is 1.36. The van der Waals surface area contributed by atoms with Crippen LogP contribution in [0.25, 0.3) is 5.69 Å². The largest absolute Gasteiger partial charge is 0.351 e. The van der Waals surface area contributed by atoms with Crippen molar-refractivity contribution in [3.63, 3.8) is 0 Å². The van der Waals surface area contributed by atoms with Crippen LogP contribution >= 0.6 is 24.0 Å². The van der Waals surface area contributed by atoms with E-state index in [1.54, 1.807) is 23.9 Å². The Labute approximate surface area is 248 Å². The lowest BCUT2D eigenvalue weighted by Gasteiger charge is -2.29. The standard InChI is InChI=1S/C32H27N5O2S2/c1-21-8-9-25(20-22(21)2)35-19-5-7-29(35)31-30(28-6-3-4-18-33-28)34-32(40)36(31)23-10-14-26(15-11-23)41-27-16-12-24(13-17-27)37(38)39/h3-20,30-31H,1-2H3,(H,34,40)/t30-,31-/m0/s1. The highest BCUT2D eigenvalue weighted by Gasteiger charge is 2.42. The summed E-state index contributed by atoms with van der Waals surface area (Å²) < 4.78 is 2.23. The van der Waals surface area contributed by atoms with E-state index in [2.05, 4.69) is 94.4 Å². The number of anilines is 1. The van der Waals surface area contributed by atoms with Crippen molar-refractivity contribution in [3.8, 4) is 5.69 Å².